The van der Waals surface area contributed by atoms with Gasteiger partial charge >= 0.3 is 0 Å². The highest BCUT2D eigenvalue weighted by molar-refractivity contribution is 6.40. The van der Waals surface area contributed by atoms with Gasteiger partial charge in [-0.1, -0.05) is 6.58 Å². The van der Waals surface area contributed by atoms with Gasteiger partial charge in [0.15, 0.2) is 11.6 Å². The summed E-state index contributed by atoms with van der Waals surface area (Å²) in [5.74, 6) is -0.410. The topological polar surface area (TPSA) is 34.1 Å². The van der Waals surface area contributed by atoms with Crippen LogP contribution in [0.25, 0.3) is 0 Å². The monoisotopic (exact) mass is 214 g/mol. The summed E-state index contributed by atoms with van der Waals surface area (Å²) >= 11 is 0. The minimum absolute atomic E-state index is 0.103. The van der Waals surface area contributed by atoms with Crippen LogP contribution in [0.5, 0.6) is 0 Å². The highest BCUT2D eigenvalue weighted by atomic mass is 16.2. The summed E-state index contributed by atoms with van der Waals surface area (Å²) in [5, 5.41) is 0. The van der Waals surface area contributed by atoms with Crippen LogP contribution in [-0.4, -0.2) is 11.6 Å². The molecule has 0 bridgehead atoms. The third-order valence-electron chi connectivity index (χ3n) is 3.69. The lowest BCUT2D eigenvalue weighted by molar-refractivity contribution is 0.0989. The fourth-order valence-corrected chi connectivity index (χ4v) is 2.29. The van der Waals surface area contributed by atoms with Crippen molar-refractivity contribution in [3.05, 3.63) is 45.5 Å². The van der Waals surface area contributed by atoms with E-state index in [1.807, 2.05) is 27.7 Å². The van der Waals surface area contributed by atoms with Crippen molar-refractivity contribution in [1.29, 1.82) is 0 Å². The number of hydrogen-bond donors (Lipinski definition) is 0. The molecule has 16 heavy (non-hydrogen) atoms. The molecule has 0 N–H and O–H groups in total. The number of Topliss-reactive ketones (excluding diaryl/α,β-unsaturated/α-hetero) is 2. The Morgan fingerprint density at radius 2 is 1.00 bits per heavy atom. The molecule has 0 unspecified atom stereocenters. The minimum Gasteiger partial charge on any atom is -0.288 e. The van der Waals surface area contributed by atoms with Crippen LogP contribution >= 0.6 is 0 Å². The van der Waals surface area contributed by atoms with E-state index in [9.17, 15) is 9.59 Å². The van der Waals surface area contributed by atoms with Crippen molar-refractivity contribution < 1.29 is 9.59 Å². The fourth-order valence-electron chi connectivity index (χ4n) is 2.29. The highest BCUT2D eigenvalue weighted by Gasteiger charge is 2.35. The van der Waals surface area contributed by atoms with Gasteiger partial charge in [-0.05, 0) is 49.9 Å². The van der Waals surface area contributed by atoms with E-state index >= 15 is 0 Å². The van der Waals surface area contributed by atoms with Crippen LogP contribution in [0.4, 0.5) is 0 Å². The predicted molar refractivity (Wildman–Crippen MR) is 63.2 cm³/mol. The van der Waals surface area contributed by atoms with Gasteiger partial charge in [0.1, 0.15) is 0 Å². The maximum absolute atomic E-state index is 11.9. The normalized spacial score (nSPS) is 14.6. The van der Waals surface area contributed by atoms with Crippen LogP contribution < -0.4 is 0 Å². The number of fused-ring (bicyclic) bond motifs is 1. The van der Waals surface area contributed by atoms with Crippen LogP contribution in [0, 0.1) is 27.7 Å². The summed E-state index contributed by atoms with van der Waals surface area (Å²) in [4.78, 5) is 23.8. The lowest BCUT2D eigenvalue weighted by Gasteiger charge is -2.13. The van der Waals surface area contributed by atoms with Crippen LogP contribution in [0.15, 0.2) is 12.2 Å². The summed E-state index contributed by atoms with van der Waals surface area (Å²) in [6, 6.07) is 0. The molecule has 0 fully saturated rings. The molecular formula is C14H14O2. The molecule has 2 heteroatoms. The minimum atomic E-state index is -0.205. The summed E-state index contributed by atoms with van der Waals surface area (Å²) in [7, 11) is 0. The second kappa shape index (κ2) is 3.14. The van der Waals surface area contributed by atoms with Crippen LogP contribution in [0.3, 0.4) is 0 Å². The Hall–Kier alpha value is -1.70. The van der Waals surface area contributed by atoms with Crippen LogP contribution in [-0.2, 0) is 0 Å². The number of ketones is 2. The summed E-state index contributed by atoms with van der Waals surface area (Å²) < 4.78 is 0. The van der Waals surface area contributed by atoms with Gasteiger partial charge in [-0.25, -0.2) is 0 Å². The summed E-state index contributed by atoms with van der Waals surface area (Å²) in [6.45, 7) is 11.3. The van der Waals surface area contributed by atoms with Crippen molar-refractivity contribution in [2.75, 3.05) is 0 Å². The first-order valence-electron chi connectivity index (χ1n) is 5.26. The van der Waals surface area contributed by atoms with Gasteiger partial charge in [0.05, 0.1) is 5.57 Å². The zero-order valence-corrected chi connectivity index (χ0v) is 10.0. The van der Waals surface area contributed by atoms with E-state index in [0.29, 0.717) is 11.1 Å². The quantitative estimate of drug-likeness (QED) is 0.491. The van der Waals surface area contributed by atoms with Gasteiger partial charge < -0.3 is 0 Å². The number of carbonyl (C=O) groups excluding carboxylic acids is 2. The SMILES string of the molecule is C=C1C(=O)c2c(C)c(C)c(C)c(C)c2C1=O. The zero-order valence-electron chi connectivity index (χ0n) is 10.0. The van der Waals surface area contributed by atoms with Crippen molar-refractivity contribution in [3.8, 4) is 0 Å². The number of carbonyl (C=O) groups is 2. The van der Waals surface area contributed by atoms with E-state index in [1.165, 1.54) is 0 Å². The Balaban J connectivity index is 2.97. The second-order valence-electron chi connectivity index (χ2n) is 4.39. The van der Waals surface area contributed by atoms with E-state index in [0.717, 1.165) is 22.3 Å². The molecular weight excluding hydrogens is 200 g/mol. The van der Waals surface area contributed by atoms with Crippen molar-refractivity contribution >= 4 is 11.6 Å². The summed E-state index contributed by atoms with van der Waals surface area (Å²) in [5.41, 5.74) is 5.24. The van der Waals surface area contributed by atoms with Crippen molar-refractivity contribution in [1.82, 2.24) is 0 Å². The molecule has 0 spiro atoms. The molecule has 0 aromatic heterocycles. The molecule has 1 aromatic carbocycles. The average molecular weight is 214 g/mol. The standard InChI is InChI=1S/C14H14O2/c1-6-7(2)9(4)12-11(8(6)3)13(15)10(5)14(12)16/h5H2,1-4H3. The molecule has 2 rings (SSSR count). The number of rotatable bonds is 0. The molecule has 0 radical (unpaired) electrons. The Bertz CT molecular complexity index is 514. The molecule has 0 amide bonds. The van der Waals surface area contributed by atoms with Gasteiger partial charge in [0.25, 0.3) is 0 Å². The van der Waals surface area contributed by atoms with Crippen LogP contribution in [0.1, 0.15) is 43.0 Å². The second-order valence-corrected chi connectivity index (χ2v) is 4.39. The third kappa shape index (κ3) is 1.07. The van der Waals surface area contributed by atoms with Gasteiger partial charge in [-0.2, -0.15) is 0 Å². The lowest BCUT2D eigenvalue weighted by Crippen LogP contribution is -2.04. The average Bonchev–Trinajstić information content (AvgIpc) is 2.48. The Morgan fingerprint density at radius 3 is 1.31 bits per heavy atom. The van der Waals surface area contributed by atoms with Gasteiger partial charge in [0, 0.05) is 11.1 Å². The van der Waals surface area contributed by atoms with Crippen molar-refractivity contribution in [2.45, 2.75) is 27.7 Å². The number of hydrogen-bond acceptors (Lipinski definition) is 2. The first-order chi connectivity index (χ1) is 7.37. The van der Waals surface area contributed by atoms with E-state index in [4.69, 9.17) is 0 Å². The smallest absolute Gasteiger partial charge is 0.197 e. The summed E-state index contributed by atoms with van der Waals surface area (Å²) in [6.07, 6.45) is 0. The van der Waals surface area contributed by atoms with Gasteiger partial charge in [-0.15, -0.1) is 0 Å². The Morgan fingerprint density at radius 1 is 0.688 bits per heavy atom. The Kier molecular flexibility index (Phi) is 2.12. The molecule has 1 aliphatic carbocycles. The highest BCUT2D eigenvalue weighted by Crippen LogP contribution is 2.34. The maximum atomic E-state index is 11.9. The van der Waals surface area contributed by atoms with Gasteiger partial charge in [-0.3, -0.25) is 9.59 Å². The van der Waals surface area contributed by atoms with Crippen LogP contribution in [0.2, 0.25) is 0 Å². The molecule has 0 heterocycles. The van der Waals surface area contributed by atoms with E-state index in [2.05, 4.69) is 6.58 Å². The third-order valence-corrected chi connectivity index (χ3v) is 3.69. The Labute approximate surface area is 95.0 Å². The predicted octanol–water partition coefficient (Wildman–Crippen LogP) is 2.86. The maximum Gasteiger partial charge on any atom is 0.197 e. The molecule has 0 aliphatic heterocycles. The molecule has 0 atom stereocenters. The fraction of sp³-hybridized carbons (Fsp3) is 0.286. The van der Waals surface area contributed by atoms with Gasteiger partial charge in [0.2, 0.25) is 0 Å². The number of allylic oxidation sites excluding steroid dienone is 1. The van der Waals surface area contributed by atoms with E-state index < -0.39 is 0 Å². The zero-order chi connectivity index (χ0) is 12.2. The molecule has 82 valence electrons. The van der Waals surface area contributed by atoms with Crippen molar-refractivity contribution in [3.63, 3.8) is 0 Å². The first-order valence-corrected chi connectivity index (χ1v) is 5.26. The van der Waals surface area contributed by atoms with Crippen molar-refractivity contribution in [2.24, 2.45) is 0 Å². The number of benzene rings is 1. The van der Waals surface area contributed by atoms with E-state index in [1.54, 1.807) is 0 Å². The van der Waals surface area contributed by atoms with E-state index in [-0.39, 0.29) is 17.1 Å². The molecule has 0 saturated carbocycles. The molecule has 2 nitrogen and oxygen atoms in total. The first kappa shape index (κ1) is 10.8. The lowest BCUT2D eigenvalue weighted by atomic mass is 9.90. The largest absolute Gasteiger partial charge is 0.288 e. The molecule has 1 aliphatic rings. The molecule has 0 saturated heterocycles. The molecule has 1 aromatic rings.